The Balaban J connectivity index is 1.92. The van der Waals surface area contributed by atoms with Gasteiger partial charge in [-0.25, -0.2) is 5.43 Å². The number of benzene rings is 2. The lowest BCUT2D eigenvalue weighted by molar-refractivity contribution is -0.130. The Hall–Kier alpha value is -3.35. The van der Waals surface area contributed by atoms with Gasteiger partial charge in [-0.3, -0.25) is 9.59 Å². The number of rotatable bonds is 11. The van der Waals surface area contributed by atoms with Gasteiger partial charge in [0.25, 0.3) is 11.8 Å². The van der Waals surface area contributed by atoms with Gasteiger partial charge in [-0.1, -0.05) is 44.2 Å². The van der Waals surface area contributed by atoms with Crippen LogP contribution in [0.1, 0.15) is 38.3 Å². The van der Waals surface area contributed by atoms with Gasteiger partial charge in [0, 0.05) is 0 Å². The van der Waals surface area contributed by atoms with E-state index in [0.717, 1.165) is 16.9 Å². The summed E-state index contributed by atoms with van der Waals surface area (Å²) in [6, 6.07) is 14.1. The Morgan fingerprint density at radius 3 is 2.58 bits per heavy atom. The topological polar surface area (TPSA) is 89.0 Å². The molecule has 31 heavy (non-hydrogen) atoms. The molecule has 2 amide bonds. The molecule has 7 nitrogen and oxygen atoms in total. The molecule has 166 valence electrons. The van der Waals surface area contributed by atoms with Crippen LogP contribution in [0.15, 0.2) is 53.6 Å². The van der Waals surface area contributed by atoms with Gasteiger partial charge in [-0.05, 0) is 55.5 Å². The Morgan fingerprint density at radius 2 is 1.87 bits per heavy atom. The van der Waals surface area contributed by atoms with Gasteiger partial charge >= 0.3 is 0 Å². The lowest BCUT2D eigenvalue weighted by atomic mass is 10.0. The molecule has 0 radical (unpaired) electrons. The molecule has 0 bridgehead atoms. The lowest BCUT2D eigenvalue weighted by Gasteiger charge is -2.19. The highest BCUT2D eigenvalue weighted by Gasteiger charge is 2.22. The van der Waals surface area contributed by atoms with E-state index in [2.05, 4.69) is 15.8 Å². The maximum atomic E-state index is 12.6. The highest BCUT2D eigenvalue weighted by Crippen LogP contribution is 2.16. The quantitative estimate of drug-likeness (QED) is 0.426. The molecule has 2 aromatic carbocycles. The zero-order chi connectivity index (χ0) is 22.6. The van der Waals surface area contributed by atoms with Crippen LogP contribution < -0.4 is 20.2 Å². The molecule has 0 fully saturated rings. The molecule has 0 saturated heterocycles. The first-order chi connectivity index (χ1) is 14.9. The fourth-order valence-corrected chi connectivity index (χ4v) is 2.90. The fraction of sp³-hybridized carbons (Fsp3) is 0.375. The molecule has 0 heterocycles. The lowest BCUT2D eigenvalue weighted by Crippen LogP contribution is -2.47. The minimum atomic E-state index is -0.708. The van der Waals surface area contributed by atoms with Crippen molar-refractivity contribution in [3.8, 4) is 11.5 Å². The molecule has 7 heteroatoms. The van der Waals surface area contributed by atoms with Gasteiger partial charge in [0.15, 0.2) is 6.61 Å². The van der Waals surface area contributed by atoms with Crippen LogP contribution in [-0.4, -0.2) is 37.3 Å². The highest BCUT2D eigenvalue weighted by molar-refractivity contribution is 5.89. The minimum absolute atomic E-state index is 0.166. The summed E-state index contributed by atoms with van der Waals surface area (Å²) in [7, 11) is 0. The first-order valence-corrected chi connectivity index (χ1v) is 10.4. The van der Waals surface area contributed by atoms with E-state index in [0.29, 0.717) is 18.8 Å². The molecule has 2 aromatic rings. The van der Waals surface area contributed by atoms with E-state index >= 15 is 0 Å². The maximum Gasteiger partial charge on any atom is 0.262 e. The zero-order valence-corrected chi connectivity index (χ0v) is 18.6. The molecule has 0 unspecified atom stereocenters. The van der Waals surface area contributed by atoms with E-state index in [1.54, 1.807) is 6.07 Å². The van der Waals surface area contributed by atoms with Crippen molar-refractivity contribution in [3.05, 3.63) is 59.7 Å². The number of aryl methyl sites for hydroxylation is 1. The molecule has 0 aliphatic heterocycles. The highest BCUT2D eigenvalue weighted by atomic mass is 16.5. The molecular formula is C24H31N3O4. The van der Waals surface area contributed by atoms with Crippen molar-refractivity contribution in [3.63, 3.8) is 0 Å². The van der Waals surface area contributed by atoms with Crippen molar-refractivity contribution < 1.29 is 19.1 Å². The molecule has 0 spiro atoms. The number of para-hydroxylation sites is 1. The smallest absolute Gasteiger partial charge is 0.262 e. The number of carbonyl (C=O) groups excluding carboxylic acids is 2. The van der Waals surface area contributed by atoms with Crippen molar-refractivity contribution in [1.82, 2.24) is 10.7 Å². The number of ether oxygens (including phenoxy) is 2. The Labute approximate surface area is 183 Å². The molecule has 0 saturated carbocycles. The summed E-state index contributed by atoms with van der Waals surface area (Å²) < 4.78 is 11.0. The van der Waals surface area contributed by atoms with Crippen LogP contribution in [0.4, 0.5) is 0 Å². The maximum absolute atomic E-state index is 12.6. The molecule has 0 aliphatic carbocycles. The van der Waals surface area contributed by atoms with Gasteiger partial charge in [0.1, 0.15) is 17.5 Å². The van der Waals surface area contributed by atoms with E-state index < -0.39 is 6.04 Å². The Bertz CT molecular complexity index is 896. The van der Waals surface area contributed by atoms with Crippen LogP contribution in [0.5, 0.6) is 11.5 Å². The molecule has 0 aliphatic rings. The summed E-state index contributed by atoms with van der Waals surface area (Å²) in [5.74, 6) is 0.838. The number of hydrazone groups is 1. The summed E-state index contributed by atoms with van der Waals surface area (Å²) in [6.07, 6.45) is 2.02. The van der Waals surface area contributed by atoms with E-state index in [-0.39, 0.29) is 24.3 Å². The molecule has 1 atom stereocenters. The van der Waals surface area contributed by atoms with Gasteiger partial charge in [0.05, 0.1) is 12.8 Å². The third-order valence-corrected chi connectivity index (χ3v) is 4.37. The van der Waals surface area contributed by atoms with Gasteiger partial charge in [0.2, 0.25) is 0 Å². The summed E-state index contributed by atoms with van der Waals surface area (Å²) in [5, 5.41) is 6.76. The molecule has 2 rings (SSSR count). The van der Waals surface area contributed by atoms with Gasteiger partial charge in [-0.2, -0.15) is 5.10 Å². The van der Waals surface area contributed by atoms with Crippen LogP contribution >= 0.6 is 0 Å². The predicted molar refractivity (Wildman–Crippen MR) is 121 cm³/mol. The van der Waals surface area contributed by atoms with Crippen LogP contribution in [0, 0.1) is 12.8 Å². The van der Waals surface area contributed by atoms with Gasteiger partial charge in [-0.15, -0.1) is 0 Å². The third-order valence-electron chi connectivity index (χ3n) is 4.37. The average molecular weight is 426 g/mol. The summed E-state index contributed by atoms with van der Waals surface area (Å²) >= 11 is 0. The first-order valence-electron chi connectivity index (χ1n) is 10.4. The second-order valence-corrected chi connectivity index (χ2v) is 7.54. The number of hydrogen-bond donors (Lipinski definition) is 2. The van der Waals surface area contributed by atoms with Crippen LogP contribution in [-0.2, 0) is 9.59 Å². The molecule has 0 aromatic heterocycles. The van der Waals surface area contributed by atoms with E-state index in [1.807, 2.05) is 70.2 Å². The van der Waals surface area contributed by atoms with Crippen molar-refractivity contribution in [2.24, 2.45) is 11.0 Å². The van der Waals surface area contributed by atoms with E-state index in [4.69, 9.17) is 9.47 Å². The third kappa shape index (κ3) is 8.50. The minimum Gasteiger partial charge on any atom is -0.494 e. The Morgan fingerprint density at radius 1 is 1.10 bits per heavy atom. The predicted octanol–water partition coefficient (Wildman–Crippen LogP) is 3.45. The second-order valence-electron chi connectivity index (χ2n) is 7.54. The van der Waals surface area contributed by atoms with Crippen molar-refractivity contribution in [2.75, 3.05) is 13.2 Å². The number of nitrogens with zero attached hydrogens (tertiary/aromatic N) is 1. The Kier molecular flexibility index (Phi) is 9.55. The SMILES string of the molecule is CCOc1cccc(/C=N\NC(=O)[C@H](CC(C)C)NC(=O)COc2ccccc2C)c1. The standard InChI is InChI=1S/C24H31N3O4/c1-5-30-20-11-8-10-19(14-20)15-25-27-24(29)21(13-17(2)3)26-23(28)16-31-22-12-7-6-9-18(22)4/h6-12,14-15,17,21H,5,13,16H2,1-4H3,(H,26,28)(H,27,29)/b25-15-/t21-/m0/s1. The van der Waals surface area contributed by atoms with Crippen molar-refractivity contribution in [1.29, 1.82) is 0 Å². The normalized spacial score (nSPS) is 11.9. The largest absolute Gasteiger partial charge is 0.494 e. The molecular weight excluding hydrogens is 394 g/mol. The summed E-state index contributed by atoms with van der Waals surface area (Å²) in [4.78, 5) is 24.9. The van der Waals surface area contributed by atoms with Crippen molar-refractivity contribution in [2.45, 2.75) is 40.2 Å². The number of nitrogens with one attached hydrogen (secondary N) is 2. The van der Waals surface area contributed by atoms with Crippen LogP contribution in [0.3, 0.4) is 0 Å². The van der Waals surface area contributed by atoms with Crippen LogP contribution in [0.2, 0.25) is 0 Å². The van der Waals surface area contributed by atoms with E-state index in [1.165, 1.54) is 6.21 Å². The number of carbonyl (C=O) groups is 2. The van der Waals surface area contributed by atoms with E-state index in [9.17, 15) is 9.59 Å². The van der Waals surface area contributed by atoms with Gasteiger partial charge < -0.3 is 14.8 Å². The second kappa shape index (κ2) is 12.4. The number of amides is 2. The monoisotopic (exact) mass is 425 g/mol. The average Bonchev–Trinajstić information content (AvgIpc) is 2.73. The zero-order valence-electron chi connectivity index (χ0n) is 18.6. The van der Waals surface area contributed by atoms with Crippen LogP contribution in [0.25, 0.3) is 0 Å². The summed E-state index contributed by atoms with van der Waals surface area (Å²) in [6.45, 7) is 8.19. The van der Waals surface area contributed by atoms with Crippen molar-refractivity contribution >= 4 is 18.0 Å². The fourth-order valence-electron chi connectivity index (χ4n) is 2.90. The molecule has 2 N–H and O–H groups in total. The first kappa shape index (κ1) is 23.9. The number of hydrogen-bond acceptors (Lipinski definition) is 5. The summed E-state index contributed by atoms with van der Waals surface area (Å²) in [5.41, 5.74) is 4.24.